The van der Waals surface area contributed by atoms with E-state index in [0.717, 1.165) is 5.75 Å². The van der Waals surface area contributed by atoms with Crippen molar-refractivity contribution in [1.82, 2.24) is 0 Å². The lowest BCUT2D eigenvalue weighted by Gasteiger charge is -1.93. The Morgan fingerprint density at radius 3 is 2.38 bits per heavy atom. The second-order valence-corrected chi connectivity index (χ2v) is 4.07. The van der Waals surface area contributed by atoms with Gasteiger partial charge in [0.05, 0.1) is 6.61 Å². The van der Waals surface area contributed by atoms with Gasteiger partial charge in [-0.25, -0.2) is 0 Å². The van der Waals surface area contributed by atoms with Gasteiger partial charge in [0.15, 0.2) is 0 Å². The monoisotopic (exact) mass is 152 g/mol. The van der Waals surface area contributed by atoms with Crippen LogP contribution in [0.4, 0.5) is 0 Å². The van der Waals surface area contributed by atoms with Crippen molar-refractivity contribution in [3.05, 3.63) is 0 Å². The summed E-state index contributed by atoms with van der Waals surface area (Å²) >= 11 is 0. The summed E-state index contributed by atoms with van der Waals surface area (Å²) in [5.74, 6) is 2.06. The normalized spacial score (nSPS) is 9.75. The zero-order valence-corrected chi connectivity index (χ0v) is 6.73. The summed E-state index contributed by atoms with van der Waals surface area (Å²) in [6.07, 6.45) is 1.23. The van der Waals surface area contributed by atoms with Gasteiger partial charge in [-0.05, 0) is 6.42 Å². The van der Waals surface area contributed by atoms with Crippen molar-refractivity contribution in [1.29, 1.82) is 0 Å². The maximum absolute atomic E-state index is 8.33. The van der Waals surface area contributed by atoms with E-state index >= 15 is 0 Å². The molecule has 0 aliphatic carbocycles. The fourth-order valence-corrected chi connectivity index (χ4v) is 2.15. The highest BCUT2D eigenvalue weighted by molar-refractivity contribution is 8.76. The van der Waals surface area contributed by atoms with Crippen LogP contribution in [0, 0.1) is 0 Å². The minimum absolute atomic E-state index is 0.307. The Kier molecular flexibility index (Phi) is 8.29. The number of rotatable bonds is 5. The molecule has 1 N–H and O–H groups in total. The second-order valence-electron chi connectivity index (χ2n) is 1.37. The van der Waals surface area contributed by atoms with Crippen LogP contribution in [0.3, 0.4) is 0 Å². The van der Waals surface area contributed by atoms with Gasteiger partial charge in [-0.3, -0.25) is 0 Å². The van der Waals surface area contributed by atoms with Gasteiger partial charge in [-0.15, -0.1) is 0 Å². The fourth-order valence-electron chi connectivity index (χ4n) is 0.238. The first kappa shape index (κ1) is 8.66. The molecule has 0 atom stereocenters. The van der Waals surface area contributed by atoms with E-state index in [1.54, 1.807) is 10.8 Å². The quantitative estimate of drug-likeness (QED) is 0.479. The van der Waals surface area contributed by atoms with E-state index in [9.17, 15) is 0 Å². The van der Waals surface area contributed by atoms with Crippen LogP contribution in [0.2, 0.25) is 0 Å². The van der Waals surface area contributed by atoms with Crippen molar-refractivity contribution in [2.45, 2.75) is 13.3 Å². The molecule has 0 fully saturated rings. The Labute approximate surface area is 58.6 Å². The fraction of sp³-hybridized carbons (Fsp3) is 1.00. The third-order valence-electron chi connectivity index (χ3n) is 0.545. The summed E-state index contributed by atoms with van der Waals surface area (Å²) in [6, 6.07) is 0. The van der Waals surface area contributed by atoms with E-state index in [0.29, 0.717) is 6.61 Å². The molecular formula is C5H12OS2. The number of hydrogen-bond acceptors (Lipinski definition) is 3. The molecule has 0 unspecified atom stereocenters. The molecule has 50 valence electrons. The molecule has 3 heteroatoms. The first-order valence-electron chi connectivity index (χ1n) is 2.77. The summed E-state index contributed by atoms with van der Waals surface area (Å²) < 4.78 is 0. The molecule has 0 spiro atoms. The topological polar surface area (TPSA) is 20.2 Å². The second kappa shape index (κ2) is 7.66. The molecule has 0 radical (unpaired) electrons. The van der Waals surface area contributed by atoms with E-state index in [1.807, 2.05) is 10.8 Å². The summed E-state index contributed by atoms with van der Waals surface area (Å²) in [5.41, 5.74) is 0. The molecule has 8 heavy (non-hydrogen) atoms. The van der Waals surface area contributed by atoms with Gasteiger partial charge in [-0.2, -0.15) is 0 Å². The summed E-state index contributed by atoms with van der Waals surface area (Å²) in [5, 5.41) is 8.33. The van der Waals surface area contributed by atoms with Gasteiger partial charge in [0, 0.05) is 11.5 Å². The highest BCUT2D eigenvalue weighted by Crippen LogP contribution is 2.20. The standard InChI is InChI=1S/C5H12OS2/c1-2-4-7-8-5-3-6/h6H,2-5H2,1H3. The van der Waals surface area contributed by atoms with Gasteiger partial charge >= 0.3 is 0 Å². The molecule has 0 heterocycles. The first-order valence-corrected chi connectivity index (χ1v) is 5.26. The Hall–Kier alpha value is 0.660. The highest BCUT2D eigenvalue weighted by atomic mass is 33.1. The zero-order chi connectivity index (χ0) is 6.24. The minimum Gasteiger partial charge on any atom is -0.395 e. The van der Waals surface area contributed by atoms with Crippen LogP contribution in [0.25, 0.3) is 0 Å². The summed E-state index contributed by atoms with van der Waals surface area (Å²) in [6.45, 7) is 2.47. The Morgan fingerprint density at radius 1 is 1.25 bits per heavy atom. The lowest BCUT2D eigenvalue weighted by atomic mass is 10.6. The third kappa shape index (κ3) is 6.66. The van der Waals surface area contributed by atoms with Gasteiger partial charge in [0.1, 0.15) is 0 Å². The number of aliphatic hydroxyl groups is 1. The van der Waals surface area contributed by atoms with Crippen molar-refractivity contribution in [2.75, 3.05) is 18.1 Å². The van der Waals surface area contributed by atoms with Crippen molar-refractivity contribution >= 4 is 21.6 Å². The maximum atomic E-state index is 8.33. The van der Waals surface area contributed by atoms with Gasteiger partial charge in [0.25, 0.3) is 0 Å². The predicted octanol–water partition coefficient (Wildman–Crippen LogP) is 1.77. The molecule has 0 aromatic carbocycles. The van der Waals surface area contributed by atoms with Crippen molar-refractivity contribution in [2.24, 2.45) is 0 Å². The van der Waals surface area contributed by atoms with E-state index in [4.69, 9.17) is 5.11 Å². The van der Waals surface area contributed by atoms with Gasteiger partial charge < -0.3 is 5.11 Å². The van der Waals surface area contributed by atoms with Crippen molar-refractivity contribution < 1.29 is 5.11 Å². The molecule has 0 aromatic heterocycles. The lowest BCUT2D eigenvalue weighted by molar-refractivity contribution is 0.323. The Morgan fingerprint density at radius 2 is 1.88 bits per heavy atom. The summed E-state index contributed by atoms with van der Waals surface area (Å²) in [4.78, 5) is 0. The Balaban J connectivity index is 2.53. The van der Waals surface area contributed by atoms with E-state index in [1.165, 1.54) is 12.2 Å². The average Bonchev–Trinajstić information content (AvgIpc) is 1.81. The smallest absolute Gasteiger partial charge is 0.0530 e. The summed E-state index contributed by atoms with van der Waals surface area (Å²) in [7, 11) is 3.58. The number of aliphatic hydroxyl groups excluding tert-OH is 1. The Bertz CT molecular complexity index is 35.4. The molecule has 0 saturated heterocycles. The van der Waals surface area contributed by atoms with Gasteiger partial charge in [-0.1, -0.05) is 28.5 Å². The van der Waals surface area contributed by atoms with E-state index in [-0.39, 0.29) is 0 Å². The van der Waals surface area contributed by atoms with E-state index in [2.05, 4.69) is 6.92 Å². The highest BCUT2D eigenvalue weighted by Gasteiger charge is 1.84. The van der Waals surface area contributed by atoms with Crippen LogP contribution in [-0.4, -0.2) is 23.2 Å². The zero-order valence-electron chi connectivity index (χ0n) is 5.09. The van der Waals surface area contributed by atoms with E-state index < -0.39 is 0 Å². The van der Waals surface area contributed by atoms with Crippen LogP contribution >= 0.6 is 21.6 Å². The SMILES string of the molecule is CCCSSCCO. The van der Waals surface area contributed by atoms with Crippen LogP contribution in [0.5, 0.6) is 0 Å². The third-order valence-corrected chi connectivity index (χ3v) is 3.14. The van der Waals surface area contributed by atoms with Crippen LogP contribution < -0.4 is 0 Å². The molecule has 0 rings (SSSR count). The predicted molar refractivity (Wildman–Crippen MR) is 42.3 cm³/mol. The molecule has 0 bridgehead atoms. The van der Waals surface area contributed by atoms with Crippen LogP contribution in [0.15, 0.2) is 0 Å². The molecule has 0 saturated carbocycles. The molecule has 0 aliphatic heterocycles. The number of hydrogen-bond donors (Lipinski definition) is 1. The van der Waals surface area contributed by atoms with Crippen LogP contribution in [-0.2, 0) is 0 Å². The van der Waals surface area contributed by atoms with Crippen molar-refractivity contribution in [3.8, 4) is 0 Å². The average molecular weight is 152 g/mol. The molecular weight excluding hydrogens is 140 g/mol. The molecule has 0 aliphatic rings. The van der Waals surface area contributed by atoms with Crippen LogP contribution in [0.1, 0.15) is 13.3 Å². The molecule has 1 nitrogen and oxygen atoms in total. The molecule has 0 amide bonds. The lowest BCUT2D eigenvalue weighted by Crippen LogP contribution is -1.82. The first-order chi connectivity index (χ1) is 3.91. The van der Waals surface area contributed by atoms with Crippen molar-refractivity contribution in [3.63, 3.8) is 0 Å². The minimum atomic E-state index is 0.307. The largest absolute Gasteiger partial charge is 0.395 e. The van der Waals surface area contributed by atoms with Gasteiger partial charge in [0.2, 0.25) is 0 Å². The maximum Gasteiger partial charge on any atom is 0.0530 e. The molecule has 0 aromatic rings.